The molecule has 3 heterocycles. The van der Waals surface area contributed by atoms with Crippen molar-refractivity contribution in [3.05, 3.63) is 88.6 Å². The van der Waals surface area contributed by atoms with Gasteiger partial charge in [-0.3, -0.25) is 9.20 Å². The number of pyridine rings is 1. The Morgan fingerprint density at radius 3 is 2.52 bits per heavy atom. The number of nitrogens with zero attached hydrogens (tertiary/aromatic N) is 4. The van der Waals surface area contributed by atoms with Crippen LogP contribution in [0.4, 0.5) is 15.8 Å². The van der Waals surface area contributed by atoms with Crippen LogP contribution in [-0.4, -0.2) is 47.6 Å². The Morgan fingerprint density at radius 1 is 1.10 bits per heavy atom. The Morgan fingerprint density at radius 2 is 1.85 bits per heavy atom. The number of halogens is 3. The number of ether oxygens (including phenoxy) is 1. The van der Waals surface area contributed by atoms with E-state index in [4.69, 9.17) is 16.3 Å². The molecule has 40 heavy (non-hydrogen) atoms. The van der Waals surface area contributed by atoms with Crippen molar-refractivity contribution in [3.8, 4) is 5.75 Å². The normalized spacial score (nSPS) is 15.2. The van der Waals surface area contributed by atoms with Crippen LogP contribution in [0, 0.1) is 5.82 Å². The minimum atomic E-state index is -0.341. The zero-order chi connectivity index (χ0) is 27.5. The number of nitrogens with one attached hydrogen (secondary N) is 1. The maximum Gasteiger partial charge on any atom is 0.270 e. The van der Waals surface area contributed by atoms with Crippen molar-refractivity contribution in [1.29, 1.82) is 0 Å². The van der Waals surface area contributed by atoms with E-state index in [1.54, 1.807) is 34.9 Å². The average molecular weight is 587 g/mol. The van der Waals surface area contributed by atoms with Gasteiger partial charge in [-0.15, -0.1) is 12.4 Å². The predicted molar refractivity (Wildman–Crippen MR) is 161 cm³/mol. The van der Waals surface area contributed by atoms with Crippen molar-refractivity contribution < 1.29 is 13.9 Å². The molecule has 0 saturated carbocycles. The first-order valence-electron chi connectivity index (χ1n) is 13.4. The Bertz CT molecular complexity index is 1480. The van der Waals surface area contributed by atoms with Gasteiger partial charge in [0, 0.05) is 55.4 Å². The van der Waals surface area contributed by atoms with Gasteiger partial charge in [-0.25, -0.2) is 9.37 Å². The zero-order valence-corrected chi connectivity index (χ0v) is 24.4. The lowest BCUT2D eigenvalue weighted by Gasteiger charge is -2.42. The number of hydrogen-bond acceptors (Lipinski definition) is 5. The number of benzene rings is 2. The van der Waals surface area contributed by atoms with E-state index in [1.165, 1.54) is 0 Å². The van der Waals surface area contributed by atoms with E-state index >= 15 is 4.39 Å². The number of hydrogen-bond donors (Lipinski definition) is 1. The quantitative estimate of drug-likeness (QED) is 0.268. The Balaban J connectivity index is 0.00000370. The van der Waals surface area contributed by atoms with Gasteiger partial charge >= 0.3 is 0 Å². The maximum absolute atomic E-state index is 15.2. The summed E-state index contributed by atoms with van der Waals surface area (Å²) in [5, 5.41) is 3.37. The highest BCUT2D eigenvalue weighted by Crippen LogP contribution is 2.27. The van der Waals surface area contributed by atoms with E-state index in [1.807, 2.05) is 32.0 Å². The fourth-order valence-electron chi connectivity index (χ4n) is 5.17. The number of rotatable bonds is 8. The third-order valence-electron chi connectivity index (χ3n) is 7.15. The first kappa shape index (κ1) is 29.5. The second kappa shape index (κ2) is 12.8. The smallest absolute Gasteiger partial charge is 0.270 e. The summed E-state index contributed by atoms with van der Waals surface area (Å²) in [4.78, 5) is 22.2. The van der Waals surface area contributed by atoms with Crippen LogP contribution < -0.4 is 19.9 Å². The van der Waals surface area contributed by atoms with E-state index in [0.29, 0.717) is 40.6 Å². The Hall–Kier alpha value is -3.49. The van der Waals surface area contributed by atoms with Crippen molar-refractivity contribution in [3.63, 3.8) is 0 Å². The average Bonchev–Trinajstić information content (AvgIpc) is 3.30. The summed E-state index contributed by atoms with van der Waals surface area (Å²) in [6.45, 7) is 9.21. The minimum absolute atomic E-state index is 0. The molecule has 0 radical (unpaired) electrons. The lowest BCUT2D eigenvalue weighted by molar-refractivity contribution is 0.0943. The first-order valence-corrected chi connectivity index (χ1v) is 13.7. The molecule has 0 unspecified atom stereocenters. The van der Waals surface area contributed by atoms with Gasteiger partial charge in [-0.1, -0.05) is 24.6 Å². The molecule has 1 amide bonds. The molecule has 1 N–H and O–H groups in total. The number of imidazole rings is 1. The molecule has 0 spiro atoms. The molecule has 1 aliphatic rings. The molecule has 7 nitrogen and oxygen atoms in total. The first-order chi connectivity index (χ1) is 18.9. The standard InChI is InChI=1S/C30H33ClFN5O2.ClH/c1-4-27-29(37-19-22(31)7-13-28(37)34-27)30(38)33-17-21-6-8-24(16-26(21)32)35-14-15-36(20(3)18-35)23-9-11-25(12-10-23)39-5-2;/h6-13,16,19-20H,4-5,14-15,17-18H2,1-3H3,(H,33,38);1H/t20-;/m0./s1. The summed E-state index contributed by atoms with van der Waals surface area (Å²) in [6, 6.07) is 17.2. The zero-order valence-electron chi connectivity index (χ0n) is 22.9. The number of aromatic nitrogens is 2. The van der Waals surface area contributed by atoms with Crippen molar-refractivity contribution in [2.75, 3.05) is 36.0 Å². The second-order valence-corrected chi connectivity index (χ2v) is 10.1. The predicted octanol–water partition coefficient (Wildman–Crippen LogP) is 6.15. The molecule has 0 bridgehead atoms. The van der Waals surface area contributed by atoms with Crippen LogP contribution in [0.1, 0.15) is 42.5 Å². The van der Waals surface area contributed by atoms with E-state index in [0.717, 1.165) is 36.8 Å². The number of aryl methyl sites for hydroxylation is 1. The van der Waals surface area contributed by atoms with Crippen LogP contribution in [-0.2, 0) is 13.0 Å². The fourth-order valence-corrected chi connectivity index (χ4v) is 5.33. The SMILES string of the molecule is CCOc1ccc(N2CCN(c3ccc(CNC(=O)c4c(CC)nc5ccc(Cl)cn45)c(F)c3)C[C@@H]2C)cc1.Cl. The molecule has 4 aromatic rings. The van der Waals surface area contributed by atoms with Gasteiger partial charge in [-0.2, -0.15) is 0 Å². The molecule has 1 saturated heterocycles. The number of carbonyl (C=O) groups is 1. The number of anilines is 2. The molecular weight excluding hydrogens is 552 g/mol. The number of amides is 1. The summed E-state index contributed by atoms with van der Waals surface area (Å²) in [6.07, 6.45) is 2.26. The van der Waals surface area contributed by atoms with E-state index in [-0.39, 0.29) is 36.7 Å². The van der Waals surface area contributed by atoms with Gasteiger partial charge in [0.2, 0.25) is 0 Å². The summed E-state index contributed by atoms with van der Waals surface area (Å²) < 4.78 is 22.4. The third-order valence-corrected chi connectivity index (χ3v) is 7.38. The number of fused-ring (bicyclic) bond motifs is 1. The van der Waals surface area contributed by atoms with E-state index in [2.05, 4.69) is 39.2 Å². The van der Waals surface area contributed by atoms with Gasteiger partial charge in [0.05, 0.1) is 17.3 Å². The number of carbonyl (C=O) groups excluding carboxylic acids is 1. The molecule has 1 atom stereocenters. The maximum atomic E-state index is 15.2. The number of piperazine rings is 1. The molecular formula is C30H34Cl2FN5O2. The molecule has 212 valence electrons. The Labute approximate surface area is 245 Å². The topological polar surface area (TPSA) is 62.1 Å². The van der Waals surface area contributed by atoms with E-state index < -0.39 is 0 Å². The summed E-state index contributed by atoms with van der Waals surface area (Å²) >= 11 is 6.14. The molecule has 1 fully saturated rings. The van der Waals surface area contributed by atoms with Crippen molar-refractivity contribution in [1.82, 2.24) is 14.7 Å². The van der Waals surface area contributed by atoms with Crippen LogP contribution in [0.25, 0.3) is 5.65 Å². The molecule has 2 aromatic heterocycles. The highest BCUT2D eigenvalue weighted by atomic mass is 35.5. The summed E-state index contributed by atoms with van der Waals surface area (Å²) in [7, 11) is 0. The molecule has 1 aliphatic heterocycles. The molecule has 10 heteroatoms. The van der Waals surface area contributed by atoms with Gasteiger partial charge < -0.3 is 19.9 Å². The van der Waals surface area contributed by atoms with Crippen molar-refractivity contribution in [2.45, 2.75) is 39.8 Å². The van der Waals surface area contributed by atoms with Crippen LogP contribution in [0.2, 0.25) is 5.02 Å². The van der Waals surface area contributed by atoms with Gasteiger partial charge in [0.25, 0.3) is 5.91 Å². The third kappa shape index (κ3) is 6.13. The van der Waals surface area contributed by atoms with Crippen LogP contribution in [0.3, 0.4) is 0 Å². The minimum Gasteiger partial charge on any atom is -0.494 e. The summed E-state index contributed by atoms with van der Waals surface area (Å²) in [5.41, 5.74) is 4.16. The summed E-state index contributed by atoms with van der Waals surface area (Å²) in [5.74, 6) is 0.212. The van der Waals surface area contributed by atoms with Gasteiger partial charge in [-0.05, 0) is 68.8 Å². The monoisotopic (exact) mass is 585 g/mol. The lowest BCUT2D eigenvalue weighted by atomic mass is 10.1. The fraction of sp³-hybridized carbons (Fsp3) is 0.333. The Kier molecular flexibility index (Phi) is 9.43. The largest absolute Gasteiger partial charge is 0.494 e. The molecule has 5 rings (SSSR count). The molecule has 0 aliphatic carbocycles. The highest BCUT2D eigenvalue weighted by molar-refractivity contribution is 6.30. The van der Waals surface area contributed by atoms with Crippen LogP contribution in [0.15, 0.2) is 60.8 Å². The molecule has 2 aromatic carbocycles. The van der Waals surface area contributed by atoms with Crippen molar-refractivity contribution >= 4 is 46.9 Å². The van der Waals surface area contributed by atoms with Gasteiger partial charge in [0.1, 0.15) is 22.9 Å². The highest BCUT2D eigenvalue weighted by Gasteiger charge is 2.25. The second-order valence-electron chi connectivity index (χ2n) is 9.71. The van der Waals surface area contributed by atoms with Crippen LogP contribution in [0.5, 0.6) is 5.75 Å². The van der Waals surface area contributed by atoms with Crippen molar-refractivity contribution in [2.24, 2.45) is 0 Å². The van der Waals surface area contributed by atoms with Gasteiger partial charge in [0.15, 0.2) is 0 Å². The van der Waals surface area contributed by atoms with E-state index in [9.17, 15) is 4.79 Å². The van der Waals surface area contributed by atoms with Crippen LogP contribution >= 0.6 is 24.0 Å². The lowest BCUT2D eigenvalue weighted by Crippen LogP contribution is -2.52.